The van der Waals surface area contributed by atoms with Crippen LogP contribution in [0.3, 0.4) is 0 Å². The van der Waals surface area contributed by atoms with Crippen molar-refractivity contribution in [2.45, 2.75) is 44.3 Å². The van der Waals surface area contributed by atoms with E-state index in [2.05, 4.69) is 15.5 Å². The molecule has 1 aliphatic carbocycles. The van der Waals surface area contributed by atoms with Crippen molar-refractivity contribution < 1.29 is 14.3 Å². The van der Waals surface area contributed by atoms with Gasteiger partial charge in [-0.05, 0) is 25.3 Å². The third-order valence-corrected chi connectivity index (χ3v) is 4.86. The summed E-state index contributed by atoms with van der Waals surface area (Å²) < 4.78 is 5.40. The third-order valence-electron chi connectivity index (χ3n) is 4.86. The zero-order valence-electron chi connectivity index (χ0n) is 14.1. The quantitative estimate of drug-likeness (QED) is 0.818. The summed E-state index contributed by atoms with van der Waals surface area (Å²) in [4.78, 5) is 26.6. The summed E-state index contributed by atoms with van der Waals surface area (Å²) in [5.41, 5.74) is 1.03. The van der Waals surface area contributed by atoms with Crippen LogP contribution in [0.5, 0.6) is 5.75 Å². The second-order valence-corrected chi connectivity index (χ2v) is 6.49. The topological polar surface area (TPSA) is 70.7 Å². The molecule has 0 spiro atoms. The summed E-state index contributed by atoms with van der Waals surface area (Å²) >= 11 is 0. The molecule has 1 aromatic rings. The Labute approximate surface area is 142 Å². The Hall–Kier alpha value is -2.08. The Morgan fingerprint density at radius 2 is 2.17 bits per heavy atom. The minimum atomic E-state index is -0.427. The molecule has 2 aliphatic rings. The van der Waals surface area contributed by atoms with Gasteiger partial charge in [0.2, 0.25) is 11.8 Å². The SMILES string of the molecule is COc1ccccc1CN1CCNC(=O)C1CC(=O)NC1CCC1. The monoisotopic (exact) mass is 331 g/mol. The van der Waals surface area contributed by atoms with Crippen LogP contribution in [0.2, 0.25) is 0 Å². The van der Waals surface area contributed by atoms with E-state index in [1.807, 2.05) is 24.3 Å². The average molecular weight is 331 g/mol. The zero-order chi connectivity index (χ0) is 16.9. The van der Waals surface area contributed by atoms with Crippen LogP contribution in [0, 0.1) is 0 Å². The molecule has 130 valence electrons. The van der Waals surface area contributed by atoms with Gasteiger partial charge in [0.05, 0.1) is 19.6 Å². The normalized spacial score (nSPS) is 21.7. The molecule has 1 aromatic carbocycles. The molecule has 1 unspecified atom stereocenters. The largest absolute Gasteiger partial charge is 0.496 e. The number of rotatable bonds is 6. The molecule has 0 bridgehead atoms. The molecule has 1 saturated heterocycles. The number of carbonyl (C=O) groups excluding carboxylic acids is 2. The maximum Gasteiger partial charge on any atom is 0.237 e. The summed E-state index contributed by atoms with van der Waals surface area (Å²) in [6.07, 6.45) is 3.48. The minimum Gasteiger partial charge on any atom is -0.496 e. The lowest BCUT2D eigenvalue weighted by Gasteiger charge is -2.35. The molecule has 6 nitrogen and oxygen atoms in total. The molecule has 0 aromatic heterocycles. The van der Waals surface area contributed by atoms with Gasteiger partial charge in [0.1, 0.15) is 5.75 Å². The fourth-order valence-electron chi connectivity index (χ4n) is 3.24. The zero-order valence-corrected chi connectivity index (χ0v) is 14.1. The number of hydrogen-bond acceptors (Lipinski definition) is 4. The molecule has 1 saturated carbocycles. The fourth-order valence-corrected chi connectivity index (χ4v) is 3.24. The number of piperazine rings is 1. The highest BCUT2D eigenvalue weighted by Crippen LogP contribution is 2.22. The highest BCUT2D eigenvalue weighted by molar-refractivity contribution is 5.89. The molecule has 0 radical (unpaired) electrons. The molecule has 1 heterocycles. The first kappa shape index (κ1) is 16.8. The smallest absolute Gasteiger partial charge is 0.237 e. The minimum absolute atomic E-state index is 0.0354. The van der Waals surface area contributed by atoms with Gasteiger partial charge in [-0.3, -0.25) is 14.5 Å². The molecule has 2 amide bonds. The first-order valence-corrected chi connectivity index (χ1v) is 8.60. The Kier molecular flexibility index (Phi) is 5.35. The lowest BCUT2D eigenvalue weighted by molar-refractivity contribution is -0.134. The van der Waals surface area contributed by atoms with Crippen molar-refractivity contribution in [3.8, 4) is 5.75 Å². The van der Waals surface area contributed by atoms with E-state index in [0.29, 0.717) is 19.1 Å². The van der Waals surface area contributed by atoms with Gasteiger partial charge in [-0.15, -0.1) is 0 Å². The number of amides is 2. The summed E-state index contributed by atoms with van der Waals surface area (Å²) in [6, 6.07) is 7.67. The van der Waals surface area contributed by atoms with Crippen molar-refractivity contribution in [1.29, 1.82) is 0 Å². The summed E-state index contributed by atoms with van der Waals surface area (Å²) in [7, 11) is 1.64. The molecule has 2 N–H and O–H groups in total. The molecular formula is C18H25N3O3. The maximum atomic E-state index is 12.3. The number of ether oxygens (including phenoxy) is 1. The van der Waals surface area contributed by atoms with Gasteiger partial charge in [-0.2, -0.15) is 0 Å². The Morgan fingerprint density at radius 3 is 2.88 bits per heavy atom. The molecule has 1 atom stereocenters. The second kappa shape index (κ2) is 7.66. The third kappa shape index (κ3) is 3.87. The van der Waals surface area contributed by atoms with E-state index in [-0.39, 0.29) is 18.2 Å². The lowest BCUT2D eigenvalue weighted by atomic mass is 9.93. The van der Waals surface area contributed by atoms with Crippen LogP contribution >= 0.6 is 0 Å². The standard InChI is InChI=1S/C18H25N3O3/c1-24-16-8-3-2-5-13(16)12-21-10-9-19-18(23)15(21)11-17(22)20-14-6-4-7-14/h2-3,5,8,14-15H,4,6-7,9-12H2,1H3,(H,19,23)(H,20,22). The molecule has 1 aliphatic heterocycles. The average Bonchev–Trinajstić information content (AvgIpc) is 2.55. The van der Waals surface area contributed by atoms with Gasteiger partial charge >= 0.3 is 0 Å². The van der Waals surface area contributed by atoms with Crippen molar-refractivity contribution in [1.82, 2.24) is 15.5 Å². The predicted octanol–water partition coefficient (Wildman–Crippen LogP) is 1.05. The van der Waals surface area contributed by atoms with Crippen LogP contribution in [0.1, 0.15) is 31.2 Å². The van der Waals surface area contributed by atoms with Crippen LogP contribution in [0.4, 0.5) is 0 Å². The molecule has 3 rings (SSSR count). The van der Waals surface area contributed by atoms with Crippen molar-refractivity contribution in [3.05, 3.63) is 29.8 Å². The van der Waals surface area contributed by atoms with Crippen molar-refractivity contribution >= 4 is 11.8 Å². The van der Waals surface area contributed by atoms with E-state index in [1.54, 1.807) is 7.11 Å². The van der Waals surface area contributed by atoms with Gasteiger partial charge in [0, 0.05) is 31.2 Å². The molecule has 6 heteroatoms. The van der Waals surface area contributed by atoms with Gasteiger partial charge in [-0.25, -0.2) is 0 Å². The first-order chi connectivity index (χ1) is 11.7. The number of benzene rings is 1. The fraction of sp³-hybridized carbons (Fsp3) is 0.556. The second-order valence-electron chi connectivity index (χ2n) is 6.49. The van der Waals surface area contributed by atoms with Crippen molar-refractivity contribution in [2.75, 3.05) is 20.2 Å². The number of hydrogen-bond donors (Lipinski definition) is 2. The molecular weight excluding hydrogens is 306 g/mol. The molecule has 24 heavy (non-hydrogen) atoms. The van der Waals surface area contributed by atoms with Gasteiger partial charge in [0.25, 0.3) is 0 Å². The van der Waals surface area contributed by atoms with Crippen LogP contribution in [-0.4, -0.2) is 49.0 Å². The Balaban J connectivity index is 1.67. The predicted molar refractivity (Wildman–Crippen MR) is 90.6 cm³/mol. The van der Waals surface area contributed by atoms with Crippen LogP contribution in [-0.2, 0) is 16.1 Å². The van der Waals surface area contributed by atoms with E-state index in [4.69, 9.17) is 4.74 Å². The van der Waals surface area contributed by atoms with Gasteiger partial charge in [0.15, 0.2) is 0 Å². The summed E-state index contributed by atoms with van der Waals surface area (Å²) in [6.45, 7) is 1.93. The number of nitrogens with one attached hydrogen (secondary N) is 2. The highest BCUT2D eigenvalue weighted by Gasteiger charge is 2.32. The maximum absolute atomic E-state index is 12.3. The number of nitrogens with zero attached hydrogens (tertiary/aromatic N) is 1. The Bertz CT molecular complexity index is 601. The highest BCUT2D eigenvalue weighted by atomic mass is 16.5. The van der Waals surface area contributed by atoms with E-state index in [9.17, 15) is 9.59 Å². The van der Waals surface area contributed by atoms with Gasteiger partial charge in [-0.1, -0.05) is 18.2 Å². The van der Waals surface area contributed by atoms with Gasteiger partial charge < -0.3 is 15.4 Å². The number of para-hydroxylation sites is 1. The van der Waals surface area contributed by atoms with E-state index < -0.39 is 6.04 Å². The Morgan fingerprint density at radius 1 is 1.38 bits per heavy atom. The summed E-state index contributed by atoms with van der Waals surface area (Å²) in [5, 5.41) is 5.89. The number of carbonyl (C=O) groups is 2. The van der Waals surface area contributed by atoms with Crippen LogP contribution < -0.4 is 15.4 Å². The first-order valence-electron chi connectivity index (χ1n) is 8.60. The molecule has 2 fully saturated rings. The van der Waals surface area contributed by atoms with E-state index in [1.165, 1.54) is 6.42 Å². The van der Waals surface area contributed by atoms with Crippen molar-refractivity contribution in [2.24, 2.45) is 0 Å². The number of methoxy groups -OCH3 is 1. The lowest BCUT2D eigenvalue weighted by Crippen LogP contribution is -2.56. The van der Waals surface area contributed by atoms with E-state index >= 15 is 0 Å². The van der Waals surface area contributed by atoms with E-state index in [0.717, 1.165) is 30.7 Å². The van der Waals surface area contributed by atoms with Crippen LogP contribution in [0.25, 0.3) is 0 Å². The van der Waals surface area contributed by atoms with Crippen LogP contribution in [0.15, 0.2) is 24.3 Å². The summed E-state index contributed by atoms with van der Waals surface area (Å²) in [5.74, 6) is 0.702. The van der Waals surface area contributed by atoms with Crippen molar-refractivity contribution in [3.63, 3.8) is 0 Å².